The predicted octanol–water partition coefficient (Wildman–Crippen LogP) is 2.59. The molecule has 0 atom stereocenters. The van der Waals surface area contributed by atoms with Crippen molar-refractivity contribution < 1.29 is 14.3 Å². The molecule has 2 aliphatic rings. The van der Waals surface area contributed by atoms with Gasteiger partial charge in [0.25, 0.3) is 0 Å². The average molecular weight is 253 g/mol. The van der Waals surface area contributed by atoms with Gasteiger partial charge in [0.2, 0.25) is 0 Å². The highest BCUT2D eigenvalue weighted by atomic mass is 16.6. The molecule has 1 aliphatic carbocycles. The average Bonchev–Trinajstić information content (AvgIpc) is 2.09. The third kappa shape index (κ3) is 2.86. The van der Waals surface area contributed by atoms with Crippen molar-refractivity contribution in [3.63, 3.8) is 0 Å². The molecule has 4 nitrogen and oxygen atoms in total. The van der Waals surface area contributed by atoms with Crippen LogP contribution < -0.4 is 0 Å². The molecule has 1 saturated heterocycles. The summed E-state index contributed by atoms with van der Waals surface area (Å²) >= 11 is 0. The smallest absolute Gasteiger partial charge is 0.410 e. The Morgan fingerprint density at radius 3 is 2.56 bits per heavy atom. The zero-order valence-electron chi connectivity index (χ0n) is 11.6. The monoisotopic (exact) mass is 253 g/mol. The summed E-state index contributed by atoms with van der Waals surface area (Å²) in [7, 11) is 0. The minimum atomic E-state index is -0.408. The van der Waals surface area contributed by atoms with Gasteiger partial charge in [0.15, 0.2) is 0 Å². The predicted molar refractivity (Wildman–Crippen MR) is 69.4 cm³/mol. The summed E-state index contributed by atoms with van der Waals surface area (Å²) in [6.45, 7) is 11.6. The van der Waals surface area contributed by atoms with Crippen molar-refractivity contribution in [2.45, 2.75) is 45.3 Å². The second-order valence-electron chi connectivity index (χ2n) is 6.49. The molecule has 18 heavy (non-hydrogen) atoms. The van der Waals surface area contributed by atoms with Crippen LogP contribution in [0, 0.1) is 5.41 Å². The van der Waals surface area contributed by atoms with E-state index in [0.717, 1.165) is 25.9 Å². The highest BCUT2D eigenvalue weighted by molar-refractivity contribution is 5.69. The Labute approximate surface area is 109 Å². The van der Waals surface area contributed by atoms with E-state index in [1.807, 2.05) is 20.8 Å². The van der Waals surface area contributed by atoms with Gasteiger partial charge in [0.05, 0.1) is 12.7 Å². The Bertz CT molecular complexity index is 331. The third-order valence-corrected chi connectivity index (χ3v) is 3.48. The molecule has 1 amide bonds. The topological polar surface area (TPSA) is 38.8 Å². The van der Waals surface area contributed by atoms with Gasteiger partial charge in [-0.3, -0.25) is 0 Å². The summed E-state index contributed by atoms with van der Waals surface area (Å²) < 4.78 is 10.9. The van der Waals surface area contributed by atoms with E-state index in [0.29, 0.717) is 18.1 Å². The van der Waals surface area contributed by atoms with Crippen LogP contribution in [-0.2, 0) is 9.47 Å². The van der Waals surface area contributed by atoms with Crippen molar-refractivity contribution in [3.05, 3.63) is 12.7 Å². The van der Waals surface area contributed by atoms with Gasteiger partial charge in [-0.2, -0.15) is 0 Å². The van der Waals surface area contributed by atoms with E-state index in [2.05, 4.69) is 6.58 Å². The van der Waals surface area contributed by atoms with Crippen LogP contribution in [0.15, 0.2) is 12.7 Å². The van der Waals surface area contributed by atoms with Gasteiger partial charge in [0, 0.05) is 18.5 Å². The molecule has 2 rings (SSSR count). The Morgan fingerprint density at radius 2 is 2.06 bits per heavy atom. The SMILES string of the molecule is C=CCOC1CC2(C1)CN(C(=O)OC(C)(C)C)C2. The molecule has 0 unspecified atom stereocenters. The standard InChI is InChI=1S/C14H23NO3/c1-5-6-17-11-7-14(8-11)9-15(10-14)12(16)18-13(2,3)4/h5,11H,1,6-10H2,2-4H3. The molecular weight excluding hydrogens is 230 g/mol. The lowest BCUT2D eigenvalue weighted by Crippen LogP contribution is -2.65. The molecule has 0 N–H and O–H groups in total. The van der Waals surface area contributed by atoms with E-state index >= 15 is 0 Å². The first kappa shape index (κ1) is 13.4. The van der Waals surface area contributed by atoms with Crippen LogP contribution in [0.25, 0.3) is 0 Å². The van der Waals surface area contributed by atoms with E-state index < -0.39 is 5.60 Å². The van der Waals surface area contributed by atoms with E-state index in [9.17, 15) is 4.79 Å². The van der Waals surface area contributed by atoms with Gasteiger partial charge < -0.3 is 14.4 Å². The highest BCUT2D eigenvalue weighted by Crippen LogP contribution is 2.49. The number of nitrogens with zero attached hydrogens (tertiary/aromatic N) is 1. The van der Waals surface area contributed by atoms with Crippen molar-refractivity contribution in [1.29, 1.82) is 0 Å². The van der Waals surface area contributed by atoms with Gasteiger partial charge in [-0.05, 0) is 33.6 Å². The fraction of sp³-hybridized carbons (Fsp3) is 0.786. The van der Waals surface area contributed by atoms with Crippen LogP contribution in [0.3, 0.4) is 0 Å². The Kier molecular flexibility index (Phi) is 3.41. The molecule has 1 aliphatic heterocycles. The first-order valence-corrected chi connectivity index (χ1v) is 6.54. The quantitative estimate of drug-likeness (QED) is 0.726. The van der Waals surface area contributed by atoms with E-state index in [1.54, 1.807) is 11.0 Å². The highest BCUT2D eigenvalue weighted by Gasteiger charge is 2.54. The third-order valence-electron chi connectivity index (χ3n) is 3.48. The Morgan fingerprint density at radius 1 is 1.44 bits per heavy atom. The van der Waals surface area contributed by atoms with E-state index in [1.165, 1.54) is 0 Å². The van der Waals surface area contributed by atoms with Crippen LogP contribution in [0.4, 0.5) is 4.79 Å². The largest absolute Gasteiger partial charge is 0.444 e. The van der Waals surface area contributed by atoms with Crippen LogP contribution in [0.2, 0.25) is 0 Å². The van der Waals surface area contributed by atoms with E-state index in [4.69, 9.17) is 9.47 Å². The zero-order valence-corrected chi connectivity index (χ0v) is 11.6. The Balaban J connectivity index is 1.69. The minimum Gasteiger partial charge on any atom is -0.444 e. The molecule has 102 valence electrons. The van der Waals surface area contributed by atoms with Crippen molar-refractivity contribution in [3.8, 4) is 0 Å². The van der Waals surface area contributed by atoms with Crippen LogP contribution in [0.1, 0.15) is 33.6 Å². The number of rotatable bonds is 3. The van der Waals surface area contributed by atoms with Crippen molar-refractivity contribution in [2.75, 3.05) is 19.7 Å². The minimum absolute atomic E-state index is 0.191. The summed E-state index contributed by atoms with van der Waals surface area (Å²) in [5.41, 5.74) is -0.0994. The van der Waals surface area contributed by atoms with Gasteiger partial charge in [-0.25, -0.2) is 4.79 Å². The molecule has 4 heteroatoms. The molecule has 0 bridgehead atoms. The first-order chi connectivity index (χ1) is 8.34. The lowest BCUT2D eigenvalue weighted by Gasteiger charge is -2.58. The van der Waals surface area contributed by atoms with Crippen LogP contribution in [0.5, 0.6) is 0 Å². The van der Waals surface area contributed by atoms with Crippen LogP contribution >= 0.6 is 0 Å². The summed E-state index contributed by atoms with van der Waals surface area (Å²) in [4.78, 5) is 13.6. The van der Waals surface area contributed by atoms with Crippen molar-refractivity contribution in [1.82, 2.24) is 4.90 Å². The number of carbonyl (C=O) groups excluding carboxylic acids is 1. The first-order valence-electron chi connectivity index (χ1n) is 6.54. The maximum Gasteiger partial charge on any atom is 0.410 e. The summed E-state index contributed by atoms with van der Waals surface area (Å²) in [5, 5.41) is 0. The molecule has 2 fully saturated rings. The molecule has 0 radical (unpaired) electrons. The van der Waals surface area contributed by atoms with Crippen molar-refractivity contribution >= 4 is 6.09 Å². The number of hydrogen-bond donors (Lipinski definition) is 0. The number of amides is 1. The maximum atomic E-state index is 11.8. The number of likely N-dealkylation sites (tertiary alicyclic amines) is 1. The maximum absolute atomic E-state index is 11.8. The summed E-state index contributed by atoms with van der Waals surface area (Å²) in [6, 6.07) is 0. The van der Waals surface area contributed by atoms with Gasteiger partial charge >= 0.3 is 6.09 Å². The number of ether oxygens (including phenoxy) is 2. The fourth-order valence-corrected chi connectivity index (χ4v) is 2.71. The molecule has 0 aromatic heterocycles. The molecule has 1 spiro atoms. The Hall–Kier alpha value is -1.03. The normalized spacial score (nSPS) is 22.3. The fourth-order valence-electron chi connectivity index (χ4n) is 2.71. The summed E-state index contributed by atoms with van der Waals surface area (Å²) in [6.07, 6.45) is 4.05. The van der Waals surface area contributed by atoms with E-state index in [-0.39, 0.29) is 6.09 Å². The second-order valence-corrected chi connectivity index (χ2v) is 6.49. The van der Waals surface area contributed by atoms with Gasteiger partial charge in [0.1, 0.15) is 5.60 Å². The molecule has 1 heterocycles. The summed E-state index contributed by atoms with van der Waals surface area (Å²) in [5.74, 6) is 0. The van der Waals surface area contributed by atoms with Gasteiger partial charge in [-0.15, -0.1) is 6.58 Å². The van der Waals surface area contributed by atoms with Crippen LogP contribution in [-0.4, -0.2) is 42.4 Å². The van der Waals surface area contributed by atoms with Gasteiger partial charge in [-0.1, -0.05) is 6.08 Å². The molecule has 0 aromatic carbocycles. The lowest BCUT2D eigenvalue weighted by atomic mass is 9.62. The number of carbonyl (C=O) groups is 1. The number of hydrogen-bond acceptors (Lipinski definition) is 3. The zero-order chi connectivity index (χ0) is 13.4. The van der Waals surface area contributed by atoms with Crippen molar-refractivity contribution in [2.24, 2.45) is 5.41 Å². The second kappa shape index (κ2) is 4.57. The molecular formula is C14H23NO3. The molecule has 1 saturated carbocycles. The lowest BCUT2D eigenvalue weighted by molar-refractivity contribution is -0.142. The molecule has 0 aromatic rings.